The minimum absolute atomic E-state index is 0.255. The van der Waals surface area contributed by atoms with E-state index < -0.39 is 5.97 Å². The molecule has 0 bridgehead atoms. The Bertz CT molecular complexity index is 154. The molecule has 4 nitrogen and oxygen atoms in total. The van der Waals surface area contributed by atoms with Crippen LogP contribution in [0.2, 0.25) is 0 Å². The molecule has 0 unspecified atom stereocenters. The van der Waals surface area contributed by atoms with Gasteiger partial charge in [-0.25, -0.2) is 4.79 Å². The van der Waals surface area contributed by atoms with Crippen LogP contribution in [0.5, 0.6) is 0 Å². The van der Waals surface area contributed by atoms with Gasteiger partial charge in [-0.05, 0) is 25.5 Å². The minimum atomic E-state index is -1.16. The molecule has 0 spiro atoms. The van der Waals surface area contributed by atoms with Crippen LogP contribution in [-0.2, 0) is 4.79 Å². The Kier molecular flexibility index (Phi) is 4.11. The SMILES string of the molecule is N=CCCCC(=N)C(=O)O. The second-order valence-electron chi connectivity index (χ2n) is 1.88. The molecule has 0 saturated carbocycles. The molecule has 0 amide bonds. The molecule has 10 heavy (non-hydrogen) atoms. The first kappa shape index (κ1) is 8.81. The number of aliphatic carboxylic acids is 1. The van der Waals surface area contributed by atoms with Crippen molar-refractivity contribution < 1.29 is 9.90 Å². The maximum atomic E-state index is 10.0. The predicted molar refractivity (Wildman–Crippen MR) is 38.0 cm³/mol. The smallest absolute Gasteiger partial charge is 0.349 e. The van der Waals surface area contributed by atoms with Crippen molar-refractivity contribution in [1.29, 1.82) is 10.8 Å². The molecule has 0 aliphatic heterocycles. The molecule has 0 radical (unpaired) electrons. The van der Waals surface area contributed by atoms with Gasteiger partial charge in [0.15, 0.2) is 0 Å². The Labute approximate surface area is 58.9 Å². The highest BCUT2D eigenvalue weighted by Crippen LogP contribution is 1.93. The molecule has 0 aliphatic carbocycles. The Hall–Kier alpha value is -1.19. The van der Waals surface area contributed by atoms with Gasteiger partial charge in [-0.1, -0.05) is 0 Å². The average molecular weight is 142 g/mol. The highest BCUT2D eigenvalue weighted by atomic mass is 16.4. The average Bonchev–Trinajstić information content (AvgIpc) is 1.88. The van der Waals surface area contributed by atoms with E-state index in [0.717, 1.165) is 0 Å². The second kappa shape index (κ2) is 4.67. The molecular formula is C6H10N2O2. The summed E-state index contributed by atoms with van der Waals surface area (Å²) >= 11 is 0. The summed E-state index contributed by atoms with van der Waals surface area (Å²) < 4.78 is 0. The third-order valence-electron chi connectivity index (χ3n) is 1.03. The van der Waals surface area contributed by atoms with E-state index in [9.17, 15) is 4.79 Å². The second-order valence-corrected chi connectivity index (χ2v) is 1.88. The Morgan fingerprint density at radius 1 is 1.60 bits per heavy atom. The third-order valence-corrected chi connectivity index (χ3v) is 1.03. The van der Waals surface area contributed by atoms with Crippen LogP contribution in [0.1, 0.15) is 19.3 Å². The number of nitrogens with one attached hydrogen (secondary N) is 2. The fourth-order valence-corrected chi connectivity index (χ4v) is 0.488. The molecule has 0 aromatic rings. The van der Waals surface area contributed by atoms with E-state index in [1.165, 1.54) is 6.21 Å². The van der Waals surface area contributed by atoms with Crippen LogP contribution >= 0.6 is 0 Å². The minimum Gasteiger partial charge on any atom is -0.477 e. The summed E-state index contributed by atoms with van der Waals surface area (Å²) in [6.45, 7) is 0. The maximum absolute atomic E-state index is 10.0. The Morgan fingerprint density at radius 3 is 2.60 bits per heavy atom. The van der Waals surface area contributed by atoms with Crippen molar-refractivity contribution in [3.8, 4) is 0 Å². The standard InChI is InChI=1S/C6H10N2O2/c7-4-2-1-3-5(8)6(9)10/h4,7-8H,1-3H2,(H,9,10). The van der Waals surface area contributed by atoms with Crippen molar-refractivity contribution in [1.82, 2.24) is 0 Å². The van der Waals surface area contributed by atoms with Gasteiger partial charge >= 0.3 is 5.97 Å². The van der Waals surface area contributed by atoms with E-state index in [4.69, 9.17) is 15.9 Å². The van der Waals surface area contributed by atoms with Crippen LogP contribution in [0.25, 0.3) is 0 Å². The topological polar surface area (TPSA) is 85.0 Å². The lowest BCUT2D eigenvalue weighted by atomic mass is 10.2. The van der Waals surface area contributed by atoms with Crippen LogP contribution in [0.15, 0.2) is 0 Å². The summed E-state index contributed by atoms with van der Waals surface area (Å²) in [5, 5.41) is 21.7. The molecule has 0 saturated heterocycles. The van der Waals surface area contributed by atoms with Crippen molar-refractivity contribution in [3.63, 3.8) is 0 Å². The summed E-state index contributed by atoms with van der Waals surface area (Å²) in [5.74, 6) is -1.16. The van der Waals surface area contributed by atoms with Crippen LogP contribution in [0.4, 0.5) is 0 Å². The summed E-state index contributed by atoms with van der Waals surface area (Å²) in [6.07, 6.45) is 2.60. The van der Waals surface area contributed by atoms with Crippen molar-refractivity contribution in [2.75, 3.05) is 0 Å². The molecule has 0 aromatic carbocycles. The first-order valence-corrected chi connectivity index (χ1v) is 2.98. The van der Waals surface area contributed by atoms with Crippen molar-refractivity contribution in [2.24, 2.45) is 0 Å². The molecule has 0 aromatic heterocycles. The van der Waals surface area contributed by atoms with Crippen LogP contribution in [-0.4, -0.2) is 23.0 Å². The van der Waals surface area contributed by atoms with Crippen LogP contribution < -0.4 is 0 Å². The largest absolute Gasteiger partial charge is 0.477 e. The molecule has 3 N–H and O–H groups in total. The lowest BCUT2D eigenvalue weighted by molar-refractivity contribution is -0.129. The van der Waals surface area contributed by atoms with Gasteiger partial charge in [-0.3, -0.25) is 5.41 Å². The zero-order valence-corrected chi connectivity index (χ0v) is 5.55. The zero-order valence-electron chi connectivity index (χ0n) is 5.55. The summed E-state index contributed by atoms with van der Waals surface area (Å²) in [4.78, 5) is 10.0. The molecule has 0 rings (SSSR count). The number of unbranched alkanes of at least 4 members (excludes halogenated alkanes) is 1. The van der Waals surface area contributed by atoms with E-state index in [2.05, 4.69) is 0 Å². The quantitative estimate of drug-likeness (QED) is 0.393. The molecular weight excluding hydrogens is 132 g/mol. The number of carboxylic acids is 1. The highest BCUT2D eigenvalue weighted by Gasteiger charge is 2.03. The van der Waals surface area contributed by atoms with Gasteiger partial charge < -0.3 is 10.5 Å². The predicted octanol–water partition coefficient (Wildman–Crippen LogP) is 0.911. The third kappa shape index (κ3) is 3.77. The number of carbonyl (C=O) groups is 1. The Balaban J connectivity index is 3.40. The van der Waals surface area contributed by atoms with E-state index in [1.807, 2.05) is 0 Å². The number of carboxylic acid groups (broad SMARTS) is 1. The zero-order chi connectivity index (χ0) is 7.98. The molecule has 0 fully saturated rings. The summed E-state index contributed by atoms with van der Waals surface area (Å²) in [6, 6.07) is 0. The lowest BCUT2D eigenvalue weighted by Gasteiger charge is -1.93. The monoisotopic (exact) mass is 142 g/mol. The first-order chi connectivity index (χ1) is 4.68. The molecule has 0 heterocycles. The molecule has 0 aliphatic rings. The molecule has 0 atom stereocenters. The van der Waals surface area contributed by atoms with Gasteiger partial charge in [-0.2, -0.15) is 0 Å². The van der Waals surface area contributed by atoms with E-state index >= 15 is 0 Å². The van der Waals surface area contributed by atoms with Crippen molar-refractivity contribution in [2.45, 2.75) is 19.3 Å². The highest BCUT2D eigenvalue weighted by molar-refractivity contribution is 6.34. The van der Waals surface area contributed by atoms with Gasteiger partial charge in [0.2, 0.25) is 0 Å². The van der Waals surface area contributed by atoms with Crippen molar-refractivity contribution >= 4 is 17.9 Å². The van der Waals surface area contributed by atoms with Gasteiger partial charge in [-0.15, -0.1) is 0 Å². The van der Waals surface area contributed by atoms with Gasteiger partial charge in [0.25, 0.3) is 0 Å². The van der Waals surface area contributed by atoms with E-state index in [-0.39, 0.29) is 12.1 Å². The van der Waals surface area contributed by atoms with Gasteiger partial charge in [0, 0.05) is 0 Å². The number of hydrogen-bond acceptors (Lipinski definition) is 3. The van der Waals surface area contributed by atoms with Gasteiger partial charge in [0.05, 0.1) is 0 Å². The van der Waals surface area contributed by atoms with Crippen LogP contribution in [0, 0.1) is 10.8 Å². The first-order valence-electron chi connectivity index (χ1n) is 2.98. The lowest BCUT2D eigenvalue weighted by Crippen LogP contribution is -2.10. The van der Waals surface area contributed by atoms with E-state index in [0.29, 0.717) is 12.8 Å². The van der Waals surface area contributed by atoms with Crippen LogP contribution in [0.3, 0.4) is 0 Å². The van der Waals surface area contributed by atoms with E-state index in [1.54, 1.807) is 0 Å². The molecule has 56 valence electrons. The maximum Gasteiger partial charge on any atom is 0.349 e. The fourth-order valence-electron chi connectivity index (χ4n) is 0.488. The number of rotatable bonds is 5. The van der Waals surface area contributed by atoms with Gasteiger partial charge in [0.1, 0.15) is 5.71 Å². The fraction of sp³-hybridized carbons (Fsp3) is 0.500. The normalized spacial score (nSPS) is 8.80. The Morgan fingerprint density at radius 2 is 2.20 bits per heavy atom. The van der Waals surface area contributed by atoms with Crippen molar-refractivity contribution in [3.05, 3.63) is 0 Å². The summed E-state index contributed by atoms with van der Waals surface area (Å²) in [7, 11) is 0. The number of hydrogen-bond donors (Lipinski definition) is 3. The molecule has 4 heteroatoms. The summed E-state index contributed by atoms with van der Waals surface area (Å²) in [5.41, 5.74) is -0.276.